The number of esters is 1. The van der Waals surface area contributed by atoms with E-state index in [1.165, 1.54) is 6.21 Å². The van der Waals surface area contributed by atoms with Gasteiger partial charge in [-0.1, -0.05) is 64.5 Å². The maximum atomic E-state index is 12.8. The van der Waals surface area contributed by atoms with E-state index in [0.29, 0.717) is 45.6 Å². The Morgan fingerprint density at radius 2 is 1.81 bits per heavy atom. The number of nitrogens with zero attached hydrogens (tertiary/aromatic N) is 1. The predicted octanol–water partition coefficient (Wildman–Crippen LogP) is 5.68. The third-order valence-electron chi connectivity index (χ3n) is 6.01. The molecular formula is C30H28Br2N4O5S. The number of carbonyl (C=O) groups excluding carboxylic acids is 2. The minimum Gasteiger partial charge on any atom is -0.487 e. The van der Waals surface area contributed by atoms with Gasteiger partial charge >= 0.3 is 5.97 Å². The number of hydrogen-bond donors (Lipinski definition) is 3. The van der Waals surface area contributed by atoms with Gasteiger partial charge in [0.05, 0.1) is 28.9 Å². The van der Waals surface area contributed by atoms with Crippen LogP contribution in [0.1, 0.15) is 36.6 Å². The Bertz CT molecular complexity index is 1530. The maximum absolute atomic E-state index is 12.8. The van der Waals surface area contributed by atoms with Gasteiger partial charge in [0, 0.05) is 21.3 Å². The summed E-state index contributed by atoms with van der Waals surface area (Å²) in [6.07, 6.45) is 1.50. The number of benzene rings is 3. The van der Waals surface area contributed by atoms with E-state index < -0.39 is 17.9 Å². The van der Waals surface area contributed by atoms with E-state index in [2.05, 4.69) is 53.0 Å². The van der Waals surface area contributed by atoms with Gasteiger partial charge in [-0.05, 0) is 65.8 Å². The standard InChI is InChI=1S/C30H28Br2N4O5S/c1-3-39-29(38)26-18(2)34-30(42)35-27(26)22-11-7-8-12-24(22)40-17-25(37)36-33-15-20-13-21(31)14-23(32)28(20)41-16-19-9-5-4-6-10-19/h4-15,27H,3,16-17H2,1-2H3,(H,36,37)(H2,34,35,42)/t27-/m0/s1. The van der Waals surface area contributed by atoms with E-state index >= 15 is 0 Å². The Labute approximate surface area is 266 Å². The second kappa shape index (κ2) is 14.9. The first-order valence-corrected chi connectivity index (χ1v) is 14.9. The minimum atomic E-state index is -0.626. The molecule has 0 radical (unpaired) electrons. The summed E-state index contributed by atoms with van der Waals surface area (Å²) in [7, 11) is 0. The molecule has 3 aromatic rings. The van der Waals surface area contributed by atoms with Gasteiger partial charge in [0.25, 0.3) is 5.91 Å². The lowest BCUT2D eigenvalue weighted by atomic mass is 9.95. The van der Waals surface area contributed by atoms with Crippen LogP contribution in [0, 0.1) is 0 Å². The molecule has 0 aliphatic carbocycles. The Morgan fingerprint density at radius 3 is 2.57 bits per heavy atom. The number of para-hydroxylation sites is 1. The average molecular weight is 716 g/mol. The summed E-state index contributed by atoms with van der Waals surface area (Å²) in [4.78, 5) is 25.4. The van der Waals surface area contributed by atoms with Gasteiger partial charge in [-0.15, -0.1) is 0 Å². The molecule has 0 unspecified atom stereocenters. The monoisotopic (exact) mass is 714 g/mol. The number of allylic oxidation sites excluding steroid dienone is 1. The first-order chi connectivity index (χ1) is 20.3. The fourth-order valence-electron chi connectivity index (χ4n) is 4.16. The van der Waals surface area contributed by atoms with Crippen molar-refractivity contribution in [2.75, 3.05) is 13.2 Å². The molecule has 0 bridgehead atoms. The van der Waals surface area contributed by atoms with Crippen molar-refractivity contribution < 1.29 is 23.8 Å². The van der Waals surface area contributed by atoms with E-state index in [1.807, 2.05) is 48.5 Å². The molecule has 4 rings (SSSR count). The van der Waals surface area contributed by atoms with Crippen LogP contribution in [0.5, 0.6) is 11.5 Å². The number of amides is 1. The van der Waals surface area contributed by atoms with Crippen molar-refractivity contribution in [2.45, 2.75) is 26.5 Å². The Hall–Kier alpha value is -3.74. The van der Waals surface area contributed by atoms with Crippen molar-refractivity contribution in [3.8, 4) is 11.5 Å². The molecular weight excluding hydrogens is 688 g/mol. The summed E-state index contributed by atoms with van der Waals surface area (Å²) in [5, 5.41) is 10.5. The number of thiocarbonyl (C=S) groups is 1. The molecule has 3 aromatic carbocycles. The maximum Gasteiger partial charge on any atom is 0.338 e. The van der Waals surface area contributed by atoms with Crippen molar-refractivity contribution >= 4 is 67.3 Å². The van der Waals surface area contributed by atoms with Gasteiger partial charge in [-0.3, -0.25) is 4.79 Å². The van der Waals surface area contributed by atoms with Crippen molar-refractivity contribution in [3.05, 3.63) is 104 Å². The smallest absolute Gasteiger partial charge is 0.338 e. The normalized spacial score (nSPS) is 14.7. The second-order valence-electron chi connectivity index (χ2n) is 8.99. The predicted molar refractivity (Wildman–Crippen MR) is 171 cm³/mol. The molecule has 1 amide bonds. The summed E-state index contributed by atoms with van der Waals surface area (Å²) in [6, 6.07) is 20.0. The number of nitrogens with one attached hydrogen (secondary N) is 3. The number of ether oxygens (including phenoxy) is 3. The fraction of sp³-hybridized carbons (Fsp3) is 0.200. The molecule has 1 aliphatic rings. The van der Waals surface area contributed by atoms with Crippen molar-refractivity contribution in [1.29, 1.82) is 0 Å². The van der Waals surface area contributed by atoms with Gasteiger partial charge in [0.2, 0.25) is 0 Å². The van der Waals surface area contributed by atoms with E-state index in [0.717, 1.165) is 14.5 Å². The number of halogens is 2. The summed E-state index contributed by atoms with van der Waals surface area (Å²) in [6.45, 7) is 3.77. The number of rotatable bonds is 11. The van der Waals surface area contributed by atoms with Gasteiger partial charge in [-0.25, -0.2) is 10.2 Å². The van der Waals surface area contributed by atoms with Crippen LogP contribution in [0.3, 0.4) is 0 Å². The molecule has 0 saturated heterocycles. The zero-order chi connectivity index (χ0) is 30.1. The molecule has 218 valence electrons. The lowest BCUT2D eigenvalue weighted by molar-refractivity contribution is -0.139. The average Bonchev–Trinajstić information content (AvgIpc) is 2.96. The Balaban J connectivity index is 1.43. The fourth-order valence-corrected chi connectivity index (χ4v) is 5.81. The Kier molecular flexibility index (Phi) is 11.1. The summed E-state index contributed by atoms with van der Waals surface area (Å²) in [5.41, 5.74) is 5.74. The van der Waals surface area contributed by atoms with Crippen LogP contribution in [0.15, 0.2) is 92.0 Å². The largest absolute Gasteiger partial charge is 0.487 e. The molecule has 0 fully saturated rings. The van der Waals surface area contributed by atoms with Crippen molar-refractivity contribution in [1.82, 2.24) is 16.1 Å². The van der Waals surface area contributed by atoms with Crippen LogP contribution in [-0.4, -0.2) is 36.4 Å². The third kappa shape index (κ3) is 8.17. The molecule has 3 N–H and O–H groups in total. The first-order valence-electron chi connectivity index (χ1n) is 12.9. The highest BCUT2D eigenvalue weighted by atomic mass is 79.9. The molecule has 12 heteroatoms. The molecule has 1 atom stereocenters. The molecule has 0 aromatic heterocycles. The van der Waals surface area contributed by atoms with E-state index in [-0.39, 0.29) is 13.2 Å². The van der Waals surface area contributed by atoms with Gasteiger partial charge < -0.3 is 24.8 Å². The third-order valence-corrected chi connectivity index (χ3v) is 7.28. The van der Waals surface area contributed by atoms with Crippen LogP contribution >= 0.6 is 44.1 Å². The second-order valence-corrected chi connectivity index (χ2v) is 11.2. The molecule has 1 heterocycles. The summed E-state index contributed by atoms with van der Waals surface area (Å²) >= 11 is 12.3. The first kappa shape index (κ1) is 31.2. The number of hydrazone groups is 1. The quantitative estimate of drug-likeness (QED) is 0.101. The highest BCUT2D eigenvalue weighted by Crippen LogP contribution is 2.34. The summed E-state index contributed by atoms with van der Waals surface area (Å²) in [5.74, 6) is 0.0306. The number of carbonyl (C=O) groups is 2. The van der Waals surface area contributed by atoms with Crippen molar-refractivity contribution in [3.63, 3.8) is 0 Å². The van der Waals surface area contributed by atoms with Gasteiger partial charge in [0.15, 0.2) is 11.7 Å². The van der Waals surface area contributed by atoms with Gasteiger partial charge in [0.1, 0.15) is 18.1 Å². The zero-order valence-electron chi connectivity index (χ0n) is 22.8. The molecule has 42 heavy (non-hydrogen) atoms. The van der Waals surface area contributed by atoms with Crippen molar-refractivity contribution in [2.24, 2.45) is 5.10 Å². The van der Waals surface area contributed by atoms with Crippen LogP contribution in [0.2, 0.25) is 0 Å². The highest BCUT2D eigenvalue weighted by molar-refractivity contribution is 9.11. The Morgan fingerprint density at radius 1 is 1.07 bits per heavy atom. The van der Waals surface area contributed by atoms with Crippen LogP contribution in [-0.2, 0) is 20.9 Å². The van der Waals surface area contributed by atoms with E-state index in [4.69, 9.17) is 26.4 Å². The molecule has 1 aliphatic heterocycles. The topological polar surface area (TPSA) is 110 Å². The lowest BCUT2D eigenvalue weighted by Gasteiger charge is -2.30. The van der Waals surface area contributed by atoms with Crippen LogP contribution in [0.4, 0.5) is 0 Å². The minimum absolute atomic E-state index is 0.225. The molecule has 9 nitrogen and oxygen atoms in total. The summed E-state index contributed by atoms with van der Waals surface area (Å²) < 4.78 is 18.7. The highest BCUT2D eigenvalue weighted by Gasteiger charge is 2.32. The van der Waals surface area contributed by atoms with Crippen LogP contribution in [0.25, 0.3) is 0 Å². The molecule has 0 spiro atoms. The molecule has 0 saturated carbocycles. The lowest BCUT2D eigenvalue weighted by Crippen LogP contribution is -2.45. The van der Waals surface area contributed by atoms with E-state index in [9.17, 15) is 9.59 Å². The number of hydrogen-bond acceptors (Lipinski definition) is 7. The zero-order valence-corrected chi connectivity index (χ0v) is 26.8. The van der Waals surface area contributed by atoms with Crippen LogP contribution < -0.4 is 25.5 Å². The SMILES string of the molecule is CCOC(=O)C1=C(C)NC(=S)N[C@H]1c1ccccc1OCC(=O)NN=Cc1cc(Br)cc(Br)c1OCc1ccccc1. The van der Waals surface area contributed by atoms with Gasteiger partial charge in [-0.2, -0.15) is 5.10 Å². The van der Waals surface area contributed by atoms with E-state index in [1.54, 1.807) is 32.0 Å².